The highest BCUT2D eigenvalue weighted by Crippen LogP contribution is 2.44. The topological polar surface area (TPSA) is 94.6 Å². The third kappa shape index (κ3) is 3.53. The molecular weight excluding hydrogens is 388 g/mol. The summed E-state index contributed by atoms with van der Waals surface area (Å²) in [6.45, 7) is 0. The number of nitrogens with two attached hydrogens (primary N) is 1. The molecule has 0 spiro atoms. The number of fused-ring (bicyclic) bond motifs is 1. The molecule has 0 aliphatic carbocycles. The van der Waals surface area contributed by atoms with E-state index in [0.29, 0.717) is 28.4 Å². The second-order valence-corrected chi connectivity index (χ2v) is 7.24. The summed E-state index contributed by atoms with van der Waals surface area (Å²) in [7, 11) is 1.53. The average Bonchev–Trinajstić information content (AvgIpc) is 3.27. The summed E-state index contributed by atoms with van der Waals surface area (Å²) in [4.78, 5) is 13.5. The largest absolute Gasteiger partial charge is 0.497 e. The van der Waals surface area contributed by atoms with Gasteiger partial charge in [-0.05, 0) is 35.7 Å². The number of nitriles is 1. The van der Waals surface area contributed by atoms with Crippen LogP contribution >= 0.6 is 11.3 Å². The lowest BCUT2D eigenvalue weighted by atomic mass is 9.88. The molecule has 0 fully saturated rings. The first-order valence-electron chi connectivity index (χ1n) is 8.72. The minimum absolute atomic E-state index is 0.0506. The second-order valence-electron chi connectivity index (χ2n) is 6.26. The Bertz CT molecular complexity index is 1150. The molecule has 1 unspecified atom stereocenters. The van der Waals surface area contributed by atoms with E-state index in [0.717, 1.165) is 10.4 Å². The highest BCUT2D eigenvalue weighted by molar-refractivity contribution is 7.10. The zero-order valence-electron chi connectivity index (χ0n) is 15.4. The predicted molar refractivity (Wildman–Crippen MR) is 108 cm³/mol. The normalized spacial score (nSPS) is 15.1. The Morgan fingerprint density at radius 1 is 1.17 bits per heavy atom. The van der Waals surface area contributed by atoms with Gasteiger partial charge in [-0.15, -0.1) is 11.3 Å². The summed E-state index contributed by atoms with van der Waals surface area (Å²) < 4.78 is 16.3. The maximum atomic E-state index is 12.5. The first-order valence-corrected chi connectivity index (χ1v) is 9.60. The van der Waals surface area contributed by atoms with Crippen molar-refractivity contribution < 1.29 is 19.0 Å². The Labute approximate surface area is 171 Å². The molecule has 0 radical (unpaired) electrons. The van der Waals surface area contributed by atoms with Crippen molar-refractivity contribution in [1.82, 2.24) is 0 Å². The number of allylic oxidation sites excluding steroid dienone is 1. The van der Waals surface area contributed by atoms with Gasteiger partial charge in [0.05, 0.1) is 18.6 Å². The number of hydrogen-bond donors (Lipinski definition) is 1. The lowest BCUT2D eigenvalue weighted by Gasteiger charge is -2.25. The van der Waals surface area contributed by atoms with Crippen LogP contribution in [0.15, 0.2) is 71.4 Å². The van der Waals surface area contributed by atoms with Gasteiger partial charge in [-0.1, -0.05) is 18.2 Å². The van der Waals surface area contributed by atoms with Crippen LogP contribution in [0.25, 0.3) is 0 Å². The van der Waals surface area contributed by atoms with Crippen LogP contribution in [0.1, 0.15) is 26.7 Å². The Kier molecular flexibility index (Phi) is 4.94. The Morgan fingerprint density at radius 3 is 2.76 bits per heavy atom. The second kappa shape index (κ2) is 7.70. The number of thiophene rings is 1. The Hall–Kier alpha value is -3.76. The summed E-state index contributed by atoms with van der Waals surface area (Å²) in [6.07, 6.45) is 0. The summed E-state index contributed by atoms with van der Waals surface area (Å²) in [5, 5.41) is 11.5. The maximum absolute atomic E-state index is 12.5. The molecule has 2 aromatic carbocycles. The molecule has 1 aliphatic heterocycles. The van der Waals surface area contributed by atoms with Gasteiger partial charge in [0.1, 0.15) is 28.9 Å². The number of nitrogens with zero attached hydrogens (tertiary/aromatic N) is 1. The van der Waals surface area contributed by atoms with Crippen LogP contribution in [-0.4, -0.2) is 13.1 Å². The van der Waals surface area contributed by atoms with Gasteiger partial charge in [0.2, 0.25) is 5.88 Å². The van der Waals surface area contributed by atoms with Crippen molar-refractivity contribution >= 4 is 17.3 Å². The first kappa shape index (κ1) is 18.6. The van der Waals surface area contributed by atoms with Gasteiger partial charge < -0.3 is 19.9 Å². The standard InChI is InChI=1S/C22H16N2O4S/c1-26-14-5-2-4-13(10-14)22(25)27-15-7-8-16-18(11-15)28-21(24)17(12-23)20(16)19-6-3-9-29-19/h2-11,20H,24H2,1H3. The SMILES string of the molecule is COc1cccc(C(=O)Oc2ccc3c(c2)OC(N)=C(C#N)C3c2cccs2)c1. The van der Waals surface area contributed by atoms with E-state index in [9.17, 15) is 10.1 Å². The van der Waals surface area contributed by atoms with Gasteiger partial charge in [-0.2, -0.15) is 5.26 Å². The van der Waals surface area contributed by atoms with Crippen LogP contribution in [0.3, 0.4) is 0 Å². The van der Waals surface area contributed by atoms with E-state index in [2.05, 4.69) is 6.07 Å². The number of hydrogen-bond acceptors (Lipinski definition) is 7. The highest BCUT2D eigenvalue weighted by atomic mass is 32.1. The molecule has 1 aliphatic rings. The molecule has 0 amide bonds. The van der Waals surface area contributed by atoms with Gasteiger partial charge in [0, 0.05) is 16.5 Å². The van der Waals surface area contributed by atoms with E-state index in [1.165, 1.54) is 18.4 Å². The van der Waals surface area contributed by atoms with E-state index >= 15 is 0 Å². The Morgan fingerprint density at radius 2 is 2.03 bits per heavy atom. The van der Waals surface area contributed by atoms with E-state index in [-0.39, 0.29) is 11.8 Å². The van der Waals surface area contributed by atoms with Crippen molar-refractivity contribution in [3.8, 4) is 23.3 Å². The molecular formula is C22H16N2O4S. The molecule has 7 heteroatoms. The fraction of sp³-hybridized carbons (Fsp3) is 0.0909. The summed E-state index contributed by atoms with van der Waals surface area (Å²) in [5.41, 5.74) is 7.51. The molecule has 4 rings (SSSR count). The van der Waals surface area contributed by atoms with Crippen molar-refractivity contribution in [2.45, 2.75) is 5.92 Å². The number of methoxy groups -OCH3 is 1. The van der Waals surface area contributed by atoms with Crippen molar-refractivity contribution in [2.75, 3.05) is 7.11 Å². The van der Waals surface area contributed by atoms with Gasteiger partial charge >= 0.3 is 5.97 Å². The maximum Gasteiger partial charge on any atom is 0.343 e. The van der Waals surface area contributed by atoms with E-state index in [1.54, 1.807) is 42.5 Å². The molecule has 0 bridgehead atoms. The fourth-order valence-corrected chi connectivity index (χ4v) is 4.02. The molecule has 1 aromatic heterocycles. The first-order chi connectivity index (χ1) is 14.1. The molecule has 2 heterocycles. The molecule has 3 aromatic rings. The molecule has 6 nitrogen and oxygen atoms in total. The van der Waals surface area contributed by atoms with Crippen LogP contribution < -0.4 is 19.9 Å². The van der Waals surface area contributed by atoms with Gasteiger partial charge in [-0.25, -0.2) is 4.79 Å². The highest BCUT2D eigenvalue weighted by Gasteiger charge is 2.31. The fourth-order valence-electron chi connectivity index (χ4n) is 3.16. The third-order valence-corrected chi connectivity index (χ3v) is 5.47. The van der Waals surface area contributed by atoms with Gasteiger partial charge in [0.15, 0.2) is 0 Å². The van der Waals surface area contributed by atoms with Gasteiger partial charge in [-0.3, -0.25) is 0 Å². The molecule has 1 atom stereocenters. The van der Waals surface area contributed by atoms with Crippen LogP contribution in [-0.2, 0) is 0 Å². The molecule has 144 valence electrons. The number of rotatable bonds is 4. The van der Waals surface area contributed by atoms with Crippen molar-refractivity contribution in [1.29, 1.82) is 5.26 Å². The lowest BCUT2D eigenvalue weighted by molar-refractivity contribution is 0.0734. The number of esters is 1. The Balaban J connectivity index is 1.65. The van der Waals surface area contributed by atoms with E-state index < -0.39 is 5.97 Å². The number of carbonyl (C=O) groups is 1. The predicted octanol–water partition coefficient (Wildman–Crippen LogP) is 4.19. The van der Waals surface area contributed by atoms with E-state index in [4.69, 9.17) is 19.9 Å². The zero-order chi connectivity index (χ0) is 20.4. The third-order valence-electron chi connectivity index (χ3n) is 4.53. The number of ether oxygens (including phenoxy) is 3. The van der Waals surface area contributed by atoms with Crippen LogP contribution in [0.4, 0.5) is 0 Å². The molecule has 29 heavy (non-hydrogen) atoms. The molecule has 0 saturated carbocycles. The summed E-state index contributed by atoms with van der Waals surface area (Å²) >= 11 is 1.54. The quantitative estimate of drug-likeness (QED) is 0.517. The van der Waals surface area contributed by atoms with Crippen LogP contribution in [0.5, 0.6) is 17.2 Å². The van der Waals surface area contributed by atoms with Crippen LogP contribution in [0, 0.1) is 11.3 Å². The van der Waals surface area contributed by atoms with Gasteiger partial charge in [0.25, 0.3) is 0 Å². The van der Waals surface area contributed by atoms with E-state index in [1.807, 2.05) is 17.5 Å². The minimum atomic E-state index is -0.518. The smallest absolute Gasteiger partial charge is 0.343 e. The number of benzene rings is 2. The van der Waals surface area contributed by atoms with Crippen LogP contribution in [0.2, 0.25) is 0 Å². The molecule has 2 N–H and O–H groups in total. The monoisotopic (exact) mass is 404 g/mol. The van der Waals surface area contributed by atoms with Crippen molar-refractivity contribution in [3.05, 3.63) is 87.4 Å². The number of carbonyl (C=O) groups excluding carboxylic acids is 1. The summed E-state index contributed by atoms with van der Waals surface area (Å²) in [6, 6.07) is 17.8. The minimum Gasteiger partial charge on any atom is -0.497 e. The summed E-state index contributed by atoms with van der Waals surface area (Å²) in [5.74, 6) is 0.553. The van der Waals surface area contributed by atoms with Crippen molar-refractivity contribution in [3.63, 3.8) is 0 Å². The van der Waals surface area contributed by atoms with Crippen molar-refractivity contribution in [2.24, 2.45) is 5.73 Å². The molecule has 0 saturated heterocycles. The lowest BCUT2D eigenvalue weighted by Crippen LogP contribution is -2.20. The zero-order valence-corrected chi connectivity index (χ0v) is 16.2. The average molecular weight is 404 g/mol.